The lowest BCUT2D eigenvalue weighted by atomic mass is 9.99. The van der Waals surface area contributed by atoms with Crippen molar-refractivity contribution in [2.75, 3.05) is 53.4 Å². The van der Waals surface area contributed by atoms with E-state index in [9.17, 15) is 18.5 Å². The third-order valence-electron chi connectivity index (χ3n) is 10.3. The fourth-order valence-electron chi connectivity index (χ4n) is 7.19. The summed E-state index contributed by atoms with van der Waals surface area (Å²) in [6, 6.07) is 35.9. The van der Waals surface area contributed by atoms with Crippen LogP contribution in [-0.4, -0.2) is 78.3 Å². The number of nitro groups is 1. The molecule has 60 heavy (non-hydrogen) atoms. The molecule has 0 spiro atoms. The molecule has 0 radical (unpaired) electrons. The van der Waals surface area contributed by atoms with Gasteiger partial charge in [0.2, 0.25) is 0 Å². The maximum absolute atomic E-state index is 13.8. The molecular formula is C45H49ClN8O4S2. The van der Waals surface area contributed by atoms with Gasteiger partial charge < -0.3 is 15.5 Å². The molecule has 5 aromatic carbocycles. The Bertz CT molecular complexity index is 2530. The number of hydrogen-bond acceptors (Lipinski definition) is 11. The molecule has 6 aromatic rings. The second-order valence-electron chi connectivity index (χ2n) is 15.8. The van der Waals surface area contributed by atoms with Crippen molar-refractivity contribution in [2.45, 2.75) is 55.1 Å². The smallest absolute Gasteiger partial charge is 0.293 e. The minimum atomic E-state index is -4.28. The Morgan fingerprint density at radius 3 is 2.35 bits per heavy atom. The average molecular weight is 866 g/mol. The van der Waals surface area contributed by atoms with Gasteiger partial charge >= 0.3 is 0 Å². The minimum absolute atomic E-state index is 0.0879. The predicted octanol–water partition coefficient (Wildman–Crippen LogP) is 9.33. The third-order valence-corrected chi connectivity index (χ3v) is 13.1. The Hall–Kier alpha value is -5.25. The van der Waals surface area contributed by atoms with Crippen LogP contribution in [0.1, 0.15) is 32.8 Å². The first kappa shape index (κ1) is 42.9. The van der Waals surface area contributed by atoms with Gasteiger partial charge in [-0.3, -0.25) is 19.7 Å². The first-order valence-corrected chi connectivity index (χ1v) is 22.7. The summed E-state index contributed by atoms with van der Waals surface area (Å²) in [5.41, 5.74) is 4.97. The maximum Gasteiger partial charge on any atom is 0.293 e. The first-order valence-electron chi connectivity index (χ1n) is 19.9. The molecule has 7 rings (SSSR count). The molecule has 0 bridgehead atoms. The highest BCUT2D eigenvalue weighted by atomic mass is 35.5. The number of nitrogens with one attached hydrogen (secondary N) is 3. The van der Waals surface area contributed by atoms with Gasteiger partial charge in [-0.1, -0.05) is 66.2 Å². The molecule has 1 aliphatic rings. The van der Waals surface area contributed by atoms with E-state index in [1.165, 1.54) is 29.6 Å². The van der Waals surface area contributed by atoms with Crippen LogP contribution in [0.2, 0.25) is 5.02 Å². The van der Waals surface area contributed by atoms with Crippen molar-refractivity contribution in [3.8, 4) is 11.1 Å². The largest absolute Gasteiger partial charge is 0.376 e. The van der Waals surface area contributed by atoms with Gasteiger partial charge in [0.1, 0.15) is 12.0 Å². The van der Waals surface area contributed by atoms with Gasteiger partial charge in [0.25, 0.3) is 15.7 Å². The van der Waals surface area contributed by atoms with Crippen LogP contribution in [-0.2, 0) is 16.6 Å². The number of anilines is 3. The number of sulfonamides is 1. The van der Waals surface area contributed by atoms with Gasteiger partial charge in [0.05, 0.1) is 15.3 Å². The van der Waals surface area contributed by atoms with Crippen molar-refractivity contribution in [3.05, 3.63) is 142 Å². The Morgan fingerprint density at radius 1 is 0.883 bits per heavy atom. The molecule has 312 valence electrons. The fourth-order valence-corrected chi connectivity index (χ4v) is 9.36. The number of rotatable bonds is 16. The number of hydrogen-bond donors (Lipinski definition) is 3. The summed E-state index contributed by atoms with van der Waals surface area (Å²) >= 11 is 7.80. The first-order chi connectivity index (χ1) is 28.8. The van der Waals surface area contributed by atoms with E-state index in [4.69, 9.17) is 11.6 Å². The van der Waals surface area contributed by atoms with E-state index in [0.717, 1.165) is 54.9 Å². The van der Waals surface area contributed by atoms with Crippen LogP contribution in [0.5, 0.6) is 0 Å². The standard InChI is InChI=1S/C45H49ClN8O4S2/c1-45(2,3)49-22-21-35(30-59-37-10-5-4-6-11-37)50-41-20-18-38(28-43(41)54(55)56)60(57,58)51-44-40-19-17-36(27-42(40)47-31-48-44)53-25-23-52(24-26-53)29-33-9-7-8-12-39(33)32-13-15-34(46)16-14-32/h4-20,27-28,31,35,49-50H,21-26,29-30H2,1-3H3,(H,47,48,51). The van der Waals surface area contributed by atoms with E-state index < -0.39 is 14.9 Å². The Morgan fingerprint density at radius 2 is 1.62 bits per heavy atom. The Labute approximate surface area is 361 Å². The van der Waals surface area contributed by atoms with Gasteiger partial charge in [-0.25, -0.2) is 18.4 Å². The summed E-state index contributed by atoms with van der Waals surface area (Å²) in [7, 11) is -4.28. The Kier molecular flexibility index (Phi) is 13.6. The topological polar surface area (TPSA) is 146 Å². The van der Waals surface area contributed by atoms with Gasteiger partial charge in [-0.15, -0.1) is 11.8 Å². The molecular weight excluding hydrogens is 816 g/mol. The van der Waals surface area contributed by atoms with Crippen molar-refractivity contribution in [3.63, 3.8) is 0 Å². The number of fused-ring (bicyclic) bond motifs is 1. The summed E-state index contributed by atoms with van der Waals surface area (Å²) in [6.07, 6.45) is 2.01. The third kappa shape index (κ3) is 11.1. The summed E-state index contributed by atoms with van der Waals surface area (Å²) in [4.78, 5) is 26.1. The van der Waals surface area contributed by atoms with Crippen LogP contribution in [0.25, 0.3) is 22.0 Å². The van der Waals surface area contributed by atoms with E-state index in [-0.39, 0.29) is 33.7 Å². The molecule has 0 saturated carbocycles. The summed E-state index contributed by atoms with van der Waals surface area (Å²) < 4.78 is 30.2. The zero-order valence-corrected chi connectivity index (χ0v) is 36.2. The highest BCUT2D eigenvalue weighted by Crippen LogP contribution is 2.33. The summed E-state index contributed by atoms with van der Waals surface area (Å²) in [5, 5.41) is 20.4. The second kappa shape index (κ2) is 19.0. The zero-order chi connectivity index (χ0) is 42.3. The second-order valence-corrected chi connectivity index (χ2v) is 19.0. The van der Waals surface area contributed by atoms with Crippen molar-refractivity contribution in [2.24, 2.45) is 0 Å². The van der Waals surface area contributed by atoms with Gasteiger partial charge in [-0.2, -0.15) is 0 Å². The van der Waals surface area contributed by atoms with Crippen LogP contribution < -0.4 is 20.3 Å². The highest BCUT2D eigenvalue weighted by Gasteiger charge is 2.25. The molecule has 1 unspecified atom stereocenters. The molecule has 15 heteroatoms. The van der Waals surface area contributed by atoms with Crippen LogP contribution in [0.4, 0.5) is 22.9 Å². The van der Waals surface area contributed by atoms with Crippen LogP contribution in [0.3, 0.4) is 0 Å². The molecule has 1 aliphatic heterocycles. The number of piperazine rings is 1. The number of benzene rings is 5. The van der Waals surface area contributed by atoms with E-state index in [0.29, 0.717) is 34.6 Å². The molecule has 3 N–H and O–H groups in total. The molecule has 0 amide bonds. The molecule has 1 fully saturated rings. The van der Waals surface area contributed by atoms with Gasteiger partial charge in [0.15, 0.2) is 5.82 Å². The van der Waals surface area contributed by atoms with E-state index in [1.807, 2.05) is 60.7 Å². The van der Waals surface area contributed by atoms with Crippen molar-refractivity contribution in [1.29, 1.82) is 0 Å². The summed E-state index contributed by atoms with van der Waals surface area (Å²) in [6.45, 7) is 11.1. The fraction of sp³-hybridized carbons (Fsp3) is 0.289. The van der Waals surface area contributed by atoms with E-state index >= 15 is 0 Å². The van der Waals surface area contributed by atoms with Crippen LogP contribution in [0.15, 0.2) is 131 Å². The minimum Gasteiger partial charge on any atom is -0.376 e. The van der Waals surface area contributed by atoms with E-state index in [2.05, 4.69) is 92.3 Å². The molecule has 1 atom stereocenters. The average Bonchev–Trinajstić information content (AvgIpc) is 3.23. The number of nitrogens with zero attached hydrogens (tertiary/aromatic N) is 5. The SMILES string of the molecule is CC(C)(C)NCCC(CSc1ccccc1)Nc1ccc(S(=O)(=O)Nc2ncnc3cc(N4CCN(Cc5ccccc5-c5ccc(Cl)cc5)CC4)ccc23)cc1[N+](=O)[O-]. The number of aromatic nitrogens is 2. The Balaban J connectivity index is 1.02. The molecule has 12 nitrogen and oxygen atoms in total. The predicted molar refractivity (Wildman–Crippen MR) is 245 cm³/mol. The van der Waals surface area contributed by atoms with Crippen LogP contribution in [0, 0.1) is 10.1 Å². The lowest BCUT2D eigenvalue weighted by Gasteiger charge is -2.36. The van der Waals surface area contributed by atoms with Gasteiger partial charge in [0, 0.05) is 77.1 Å². The lowest BCUT2D eigenvalue weighted by Crippen LogP contribution is -2.46. The van der Waals surface area contributed by atoms with Crippen LogP contribution >= 0.6 is 23.4 Å². The molecule has 2 heterocycles. The number of nitro benzene ring substituents is 1. The summed E-state index contributed by atoms with van der Waals surface area (Å²) in [5.74, 6) is 0.735. The van der Waals surface area contributed by atoms with Crippen molar-refractivity contribution < 1.29 is 13.3 Å². The normalized spacial score (nSPS) is 14.2. The number of thioether (sulfide) groups is 1. The molecule has 1 aromatic heterocycles. The highest BCUT2D eigenvalue weighted by molar-refractivity contribution is 7.99. The molecule has 1 saturated heterocycles. The number of halogens is 1. The quantitative estimate of drug-likeness (QED) is 0.0486. The van der Waals surface area contributed by atoms with Crippen molar-refractivity contribution >= 4 is 67.2 Å². The maximum atomic E-state index is 13.8. The van der Waals surface area contributed by atoms with E-state index in [1.54, 1.807) is 11.8 Å². The monoisotopic (exact) mass is 864 g/mol. The lowest BCUT2D eigenvalue weighted by molar-refractivity contribution is -0.384. The van der Waals surface area contributed by atoms with Gasteiger partial charge in [-0.05, 0) is 105 Å². The molecule has 0 aliphatic carbocycles. The zero-order valence-electron chi connectivity index (χ0n) is 33.8. The van der Waals surface area contributed by atoms with Crippen molar-refractivity contribution in [1.82, 2.24) is 20.2 Å².